The molecule has 1 saturated carbocycles. The first kappa shape index (κ1) is 16.3. The van der Waals surface area contributed by atoms with Gasteiger partial charge in [-0.15, -0.1) is 0 Å². The van der Waals surface area contributed by atoms with Crippen LogP contribution >= 0.6 is 10.7 Å². The number of hydrogen-bond acceptors (Lipinski definition) is 3. The lowest BCUT2D eigenvalue weighted by Crippen LogP contribution is -2.30. The molecule has 6 heteroatoms. The molecule has 1 aliphatic carbocycles. The summed E-state index contributed by atoms with van der Waals surface area (Å²) in [5.41, 5.74) is 1.10. The van der Waals surface area contributed by atoms with Crippen LogP contribution in [0.2, 0.25) is 0 Å². The number of amides is 1. The maximum Gasteiger partial charge on any atom is 0.261 e. The topological polar surface area (TPSA) is 63.2 Å². The van der Waals surface area contributed by atoms with Crippen molar-refractivity contribution in [3.63, 3.8) is 0 Å². The van der Waals surface area contributed by atoms with Gasteiger partial charge in [-0.2, -0.15) is 0 Å². The molecule has 1 fully saturated rings. The zero-order chi connectivity index (χ0) is 15.6. The third-order valence-electron chi connectivity index (χ3n) is 4.30. The lowest BCUT2D eigenvalue weighted by Gasteiger charge is -2.16. The third-order valence-corrected chi connectivity index (χ3v) is 5.65. The molecule has 1 aliphatic rings. The average molecular weight is 330 g/mol. The van der Waals surface area contributed by atoms with E-state index in [1.165, 1.54) is 25.0 Å². The highest BCUT2D eigenvalue weighted by Gasteiger charge is 2.24. The third kappa shape index (κ3) is 3.98. The molecule has 1 aromatic rings. The van der Waals surface area contributed by atoms with Gasteiger partial charge in [0.25, 0.3) is 15.0 Å². The average Bonchev–Trinajstić information content (AvgIpc) is 2.80. The van der Waals surface area contributed by atoms with Crippen molar-refractivity contribution < 1.29 is 13.2 Å². The van der Waals surface area contributed by atoms with E-state index >= 15 is 0 Å². The lowest BCUT2D eigenvalue weighted by molar-refractivity contribution is 0.0944. The molecule has 0 bridgehead atoms. The van der Waals surface area contributed by atoms with Gasteiger partial charge < -0.3 is 5.32 Å². The van der Waals surface area contributed by atoms with E-state index in [-0.39, 0.29) is 10.8 Å². The van der Waals surface area contributed by atoms with E-state index in [9.17, 15) is 13.2 Å². The minimum Gasteiger partial charge on any atom is -0.352 e. The molecule has 0 heterocycles. The summed E-state index contributed by atoms with van der Waals surface area (Å²) in [6.07, 6.45) is 3.55. The number of carbonyl (C=O) groups excluding carboxylic acids is 1. The Kier molecular flexibility index (Phi) is 4.94. The predicted molar refractivity (Wildman–Crippen MR) is 83.1 cm³/mol. The van der Waals surface area contributed by atoms with E-state index in [2.05, 4.69) is 12.2 Å². The van der Waals surface area contributed by atoms with Crippen molar-refractivity contribution >= 4 is 25.6 Å². The molecule has 21 heavy (non-hydrogen) atoms. The van der Waals surface area contributed by atoms with Gasteiger partial charge in [0.1, 0.15) is 0 Å². The van der Waals surface area contributed by atoms with Crippen molar-refractivity contribution in [1.29, 1.82) is 0 Å². The number of halogens is 1. The Hall–Kier alpha value is -1.07. The highest BCUT2D eigenvalue weighted by molar-refractivity contribution is 8.13. The molecule has 4 nitrogen and oxygen atoms in total. The number of rotatable bonds is 4. The van der Waals surface area contributed by atoms with Gasteiger partial charge >= 0.3 is 0 Å². The van der Waals surface area contributed by atoms with Crippen LogP contribution in [0.5, 0.6) is 0 Å². The van der Waals surface area contributed by atoms with E-state index < -0.39 is 9.05 Å². The van der Waals surface area contributed by atoms with Crippen LogP contribution in [0.25, 0.3) is 0 Å². The van der Waals surface area contributed by atoms with Crippen LogP contribution in [0.15, 0.2) is 23.1 Å². The minimum atomic E-state index is -3.82. The molecular weight excluding hydrogens is 310 g/mol. The number of benzene rings is 1. The normalized spacial score (nSPS) is 22.2. The second kappa shape index (κ2) is 6.36. The van der Waals surface area contributed by atoms with Gasteiger partial charge in [-0.1, -0.05) is 25.8 Å². The molecular formula is C15H20ClNO3S. The van der Waals surface area contributed by atoms with Crippen molar-refractivity contribution in [1.82, 2.24) is 5.32 Å². The van der Waals surface area contributed by atoms with Crippen molar-refractivity contribution in [2.75, 3.05) is 6.54 Å². The van der Waals surface area contributed by atoms with E-state index in [0.29, 0.717) is 23.9 Å². The van der Waals surface area contributed by atoms with Crippen molar-refractivity contribution in [2.24, 2.45) is 11.8 Å². The van der Waals surface area contributed by atoms with Crippen LogP contribution in [-0.2, 0) is 9.05 Å². The van der Waals surface area contributed by atoms with Crippen LogP contribution in [0.4, 0.5) is 0 Å². The van der Waals surface area contributed by atoms with E-state index in [1.54, 1.807) is 13.0 Å². The first-order chi connectivity index (χ1) is 9.79. The van der Waals surface area contributed by atoms with Gasteiger partial charge in [-0.3, -0.25) is 4.79 Å². The second-order valence-corrected chi connectivity index (χ2v) is 8.36. The quantitative estimate of drug-likeness (QED) is 0.863. The van der Waals surface area contributed by atoms with E-state index in [1.807, 2.05) is 0 Å². The standard InChI is InChI=1S/C15H20ClNO3S/c1-10-4-3-5-12(10)9-17-15(18)14-8-13(21(16,19)20)7-6-11(14)2/h6-8,10,12H,3-5,9H2,1-2H3,(H,17,18). The summed E-state index contributed by atoms with van der Waals surface area (Å²) in [4.78, 5) is 12.2. The van der Waals surface area contributed by atoms with Crippen molar-refractivity contribution in [2.45, 2.75) is 38.0 Å². The summed E-state index contributed by atoms with van der Waals surface area (Å²) in [5.74, 6) is 0.893. The second-order valence-electron chi connectivity index (χ2n) is 5.79. The Morgan fingerprint density at radius 2 is 2.10 bits per heavy atom. The van der Waals surface area contributed by atoms with Crippen LogP contribution in [-0.4, -0.2) is 20.9 Å². The van der Waals surface area contributed by atoms with Crippen molar-refractivity contribution in [3.8, 4) is 0 Å². The molecule has 0 aromatic heterocycles. The largest absolute Gasteiger partial charge is 0.352 e. The number of carbonyl (C=O) groups is 1. The minimum absolute atomic E-state index is 0.0471. The zero-order valence-electron chi connectivity index (χ0n) is 12.2. The first-order valence-electron chi connectivity index (χ1n) is 7.12. The molecule has 0 aliphatic heterocycles. The Balaban J connectivity index is 2.11. The summed E-state index contributed by atoms with van der Waals surface area (Å²) in [6.45, 7) is 4.62. The fraction of sp³-hybridized carbons (Fsp3) is 0.533. The molecule has 1 aromatic carbocycles. The Labute approximate surface area is 130 Å². The maximum absolute atomic E-state index is 12.3. The Morgan fingerprint density at radius 1 is 1.38 bits per heavy atom. The molecule has 0 spiro atoms. The summed E-state index contributed by atoms with van der Waals surface area (Å²) in [5, 5.41) is 2.91. The fourth-order valence-corrected chi connectivity index (χ4v) is 3.62. The van der Waals surface area contributed by atoms with Crippen LogP contribution in [0, 0.1) is 18.8 Å². The molecule has 2 rings (SSSR count). The SMILES string of the molecule is Cc1ccc(S(=O)(=O)Cl)cc1C(=O)NCC1CCCC1C. The Bertz CT molecular complexity index is 642. The first-order valence-corrected chi connectivity index (χ1v) is 9.43. The van der Waals surface area contributed by atoms with Gasteiger partial charge in [0.2, 0.25) is 0 Å². The number of aryl methyl sites for hydroxylation is 1. The van der Waals surface area contributed by atoms with E-state index in [0.717, 1.165) is 12.0 Å². The van der Waals surface area contributed by atoms with Crippen LogP contribution in [0.1, 0.15) is 42.1 Å². The van der Waals surface area contributed by atoms with Gasteiger partial charge in [-0.25, -0.2) is 8.42 Å². The van der Waals surface area contributed by atoms with Gasteiger partial charge in [0.05, 0.1) is 4.90 Å². The van der Waals surface area contributed by atoms with Gasteiger partial charge in [-0.05, 0) is 42.9 Å². The smallest absolute Gasteiger partial charge is 0.261 e. The molecule has 116 valence electrons. The van der Waals surface area contributed by atoms with Gasteiger partial charge in [0.15, 0.2) is 0 Å². The lowest BCUT2D eigenvalue weighted by atomic mass is 9.98. The summed E-state index contributed by atoms with van der Waals surface area (Å²) < 4.78 is 22.7. The highest BCUT2D eigenvalue weighted by atomic mass is 35.7. The molecule has 0 radical (unpaired) electrons. The molecule has 1 amide bonds. The zero-order valence-corrected chi connectivity index (χ0v) is 13.8. The predicted octanol–water partition coefficient (Wildman–Crippen LogP) is 3.09. The number of hydrogen-bond donors (Lipinski definition) is 1. The van der Waals surface area contributed by atoms with Crippen LogP contribution in [0.3, 0.4) is 0 Å². The highest BCUT2D eigenvalue weighted by Crippen LogP contribution is 2.30. The fourth-order valence-electron chi connectivity index (χ4n) is 2.84. The summed E-state index contributed by atoms with van der Waals surface area (Å²) >= 11 is 0. The summed E-state index contributed by atoms with van der Waals surface area (Å²) in [6, 6.07) is 4.35. The Morgan fingerprint density at radius 3 is 2.67 bits per heavy atom. The molecule has 2 atom stereocenters. The van der Waals surface area contributed by atoms with Crippen LogP contribution < -0.4 is 5.32 Å². The summed E-state index contributed by atoms with van der Waals surface area (Å²) in [7, 11) is 1.51. The van der Waals surface area contributed by atoms with E-state index in [4.69, 9.17) is 10.7 Å². The molecule has 1 N–H and O–H groups in total. The monoisotopic (exact) mass is 329 g/mol. The van der Waals surface area contributed by atoms with Gasteiger partial charge in [0, 0.05) is 22.8 Å². The van der Waals surface area contributed by atoms with Crippen molar-refractivity contribution in [3.05, 3.63) is 29.3 Å². The number of nitrogens with one attached hydrogen (secondary N) is 1. The molecule has 2 unspecified atom stereocenters. The maximum atomic E-state index is 12.3. The molecule has 0 saturated heterocycles.